The van der Waals surface area contributed by atoms with Crippen molar-refractivity contribution in [3.63, 3.8) is 0 Å². The Kier molecular flexibility index (Phi) is 3.34. The van der Waals surface area contributed by atoms with Gasteiger partial charge in [-0.3, -0.25) is 14.8 Å². The number of esters is 1. The maximum atomic E-state index is 14.0. The van der Waals surface area contributed by atoms with Gasteiger partial charge in [-0.05, 0) is 6.92 Å². The molecule has 10 heteroatoms. The van der Waals surface area contributed by atoms with Crippen molar-refractivity contribution in [3.8, 4) is 0 Å². The van der Waals surface area contributed by atoms with E-state index in [0.717, 1.165) is 6.07 Å². The highest BCUT2D eigenvalue weighted by Gasteiger charge is 2.36. The third kappa shape index (κ3) is 2.29. The summed E-state index contributed by atoms with van der Waals surface area (Å²) in [5, 5.41) is 10.8. The van der Waals surface area contributed by atoms with Crippen LogP contribution in [0.25, 0.3) is 0 Å². The first-order chi connectivity index (χ1) is 9.26. The molecule has 1 aromatic carbocycles. The number of fused-ring (bicyclic) bond motifs is 1. The van der Waals surface area contributed by atoms with E-state index in [1.165, 1.54) is 6.92 Å². The van der Waals surface area contributed by atoms with Gasteiger partial charge >= 0.3 is 11.7 Å². The van der Waals surface area contributed by atoms with Crippen LogP contribution in [0.15, 0.2) is 6.07 Å². The third-order valence-corrected chi connectivity index (χ3v) is 3.81. The summed E-state index contributed by atoms with van der Waals surface area (Å²) in [6.07, 6.45) is 0. The van der Waals surface area contributed by atoms with Crippen LogP contribution in [0.3, 0.4) is 0 Å². The molecular formula is C10H9FN2O6S. The number of benzene rings is 1. The highest BCUT2D eigenvalue weighted by molar-refractivity contribution is 7.92. The third-order valence-electron chi connectivity index (χ3n) is 2.61. The number of sulfonamides is 1. The number of carbonyl (C=O) groups is 1. The fraction of sp³-hybridized carbons (Fsp3) is 0.300. The molecule has 0 unspecified atom stereocenters. The molecular weight excluding hydrogens is 295 g/mol. The molecule has 8 nitrogen and oxygen atoms in total. The first-order valence-electron chi connectivity index (χ1n) is 5.44. The molecule has 1 aliphatic rings. The Morgan fingerprint density at radius 2 is 2.25 bits per heavy atom. The minimum absolute atomic E-state index is 0.0406. The largest absolute Gasteiger partial charge is 0.462 e. The minimum atomic E-state index is -3.78. The number of carbonyl (C=O) groups excluding carboxylic acids is 1. The normalized spacial score (nSPS) is 15.3. The SMILES string of the molecule is CCOC(=O)c1c(F)c([N+](=O)[O-])cc2c1NS(=O)(=O)C2. The highest BCUT2D eigenvalue weighted by atomic mass is 32.2. The van der Waals surface area contributed by atoms with Gasteiger partial charge in [0.15, 0.2) is 0 Å². The quantitative estimate of drug-likeness (QED) is 0.509. The van der Waals surface area contributed by atoms with E-state index in [2.05, 4.69) is 4.74 Å². The molecule has 0 atom stereocenters. The van der Waals surface area contributed by atoms with E-state index in [1.54, 1.807) is 0 Å². The Bertz CT molecular complexity index is 715. The molecule has 2 rings (SSSR count). The van der Waals surface area contributed by atoms with Crippen LogP contribution in [0.5, 0.6) is 0 Å². The second-order valence-electron chi connectivity index (χ2n) is 3.96. The van der Waals surface area contributed by atoms with E-state index in [0.29, 0.717) is 0 Å². The zero-order valence-corrected chi connectivity index (χ0v) is 11.0. The second-order valence-corrected chi connectivity index (χ2v) is 5.68. The summed E-state index contributed by atoms with van der Waals surface area (Å²) in [7, 11) is -3.78. The molecule has 0 amide bonds. The smallest absolute Gasteiger partial charge is 0.343 e. The van der Waals surface area contributed by atoms with Crippen LogP contribution in [0.1, 0.15) is 22.8 Å². The summed E-state index contributed by atoms with van der Waals surface area (Å²) >= 11 is 0. The number of nitro benzene ring substituents is 1. The van der Waals surface area contributed by atoms with E-state index in [1.807, 2.05) is 4.72 Å². The van der Waals surface area contributed by atoms with Gasteiger partial charge in [0.05, 0.1) is 23.0 Å². The molecule has 0 saturated carbocycles. The Labute approximate surface area is 112 Å². The Hall–Kier alpha value is -2.23. The molecule has 20 heavy (non-hydrogen) atoms. The molecule has 1 heterocycles. The van der Waals surface area contributed by atoms with Gasteiger partial charge in [0.1, 0.15) is 5.56 Å². The fourth-order valence-electron chi connectivity index (χ4n) is 1.85. The van der Waals surface area contributed by atoms with Crippen molar-refractivity contribution >= 4 is 27.4 Å². The standard InChI is InChI=1S/C10H9FN2O6S/c1-2-19-10(14)7-8(11)6(13(15)16)3-5-4-20(17,18)12-9(5)7/h3,12H,2,4H2,1H3. The van der Waals surface area contributed by atoms with Gasteiger partial charge in [0.2, 0.25) is 15.8 Å². The number of halogens is 1. The average molecular weight is 304 g/mol. The Morgan fingerprint density at radius 3 is 2.80 bits per heavy atom. The fourth-order valence-corrected chi connectivity index (χ4v) is 3.11. The lowest BCUT2D eigenvalue weighted by molar-refractivity contribution is -0.387. The van der Waals surface area contributed by atoms with Crippen LogP contribution in [0.4, 0.5) is 15.8 Å². The van der Waals surface area contributed by atoms with E-state index in [4.69, 9.17) is 0 Å². The molecule has 1 aliphatic heterocycles. The van der Waals surface area contributed by atoms with Crippen molar-refractivity contribution in [2.75, 3.05) is 11.3 Å². The number of nitrogens with one attached hydrogen (secondary N) is 1. The van der Waals surface area contributed by atoms with Crippen molar-refractivity contribution < 1.29 is 27.3 Å². The highest BCUT2D eigenvalue weighted by Crippen LogP contribution is 2.37. The molecule has 0 aliphatic carbocycles. The number of hydrogen-bond acceptors (Lipinski definition) is 6. The van der Waals surface area contributed by atoms with Crippen molar-refractivity contribution in [1.29, 1.82) is 0 Å². The lowest BCUT2D eigenvalue weighted by atomic mass is 10.1. The lowest BCUT2D eigenvalue weighted by Gasteiger charge is -2.08. The second kappa shape index (κ2) is 4.71. The number of nitro groups is 1. The molecule has 0 saturated heterocycles. The zero-order valence-electron chi connectivity index (χ0n) is 10.2. The predicted molar refractivity (Wildman–Crippen MR) is 65.3 cm³/mol. The van der Waals surface area contributed by atoms with Gasteiger partial charge in [-0.25, -0.2) is 13.2 Å². The van der Waals surface area contributed by atoms with Crippen molar-refractivity contribution in [1.82, 2.24) is 0 Å². The summed E-state index contributed by atoms with van der Waals surface area (Å²) in [6, 6.07) is 0.797. The molecule has 0 fully saturated rings. The van der Waals surface area contributed by atoms with E-state index < -0.39 is 43.7 Å². The average Bonchev–Trinajstić information content (AvgIpc) is 2.61. The topological polar surface area (TPSA) is 116 Å². The van der Waals surface area contributed by atoms with Gasteiger partial charge < -0.3 is 4.74 Å². The van der Waals surface area contributed by atoms with Gasteiger partial charge in [-0.15, -0.1) is 0 Å². The molecule has 0 aromatic heterocycles. The maximum absolute atomic E-state index is 14.0. The number of rotatable bonds is 3. The van der Waals surface area contributed by atoms with Crippen LogP contribution in [0, 0.1) is 15.9 Å². The van der Waals surface area contributed by atoms with Crippen LogP contribution in [-0.4, -0.2) is 25.9 Å². The summed E-state index contributed by atoms with van der Waals surface area (Å²) in [4.78, 5) is 21.4. The zero-order chi connectivity index (χ0) is 15.1. The monoisotopic (exact) mass is 304 g/mol. The Balaban J connectivity index is 2.72. The summed E-state index contributed by atoms with van der Waals surface area (Å²) in [5.41, 5.74) is -2.07. The molecule has 108 valence electrons. The lowest BCUT2D eigenvalue weighted by Crippen LogP contribution is -2.13. The molecule has 1 aromatic rings. The van der Waals surface area contributed by atoms with Crippen molar-refractivity contribution in [3.05, 3.63) is 33.1 Å². The molecule has 0 radical (unpaired) electrons. The molecule has 0 spiro atoms. The van der Waals surface area contributed by atoms with Gasteiger partial charge in [0.25, 0.3) is 0 Å². The first kappa shape index (κ1) is 14.2. The summed E-state index contributed by atoms with van der Waals surface area (Å²) in [6.45, 7) is 1.39. The van der Waals surface area contributed by atoms with Crippen LogP contribution in [-0.2, 0) is 20.5 Å². The van der Waals surface area contributed by atoms with E-state index in [-0.39, 0.29) is 17.9 Å². The number of anilines is 1. The van der Waals surface area contributed by atoms with Gasteiger partial charge in [-0.1, -0.05) is 0 Å². The number of ether oxygens (including phenoxy) is 1. The van der Waals surface area contributed by atoms with Crippen LogP contribution >= 0.6 is 0 Å². The van der Waals surface area contributed by atoms with Crippen molar-refractivity contribution in [2.24, 2.45) is 0 Å². The summed E-state index contributed by atoms with van der Waals surface area (Å²) in [5.74, 6) is -3.14. The molecule has 0 bridgehead atoms. The molecule has 1 N–H and O–H groups in total. The van der Waals surface area contributed by atoms with Gasteiger partial charge in [-0.2, -0.15) is 4.39 Å². The van der Waals surface area contributed by atoms with E-state index in [9.17, 15) is 27.7 Å². The Morgan fingerprint density at radius 1 is 1.60 bits per heavy atom. The van der Waals surface area contributed by atoms with Gasteiger partial charge in [0, 0.05) is 11.6 Å². The predicted octanol–water partition coefficient (Wildman–Crippen LogP) is 1.17. The maximum Gasteiger partial charge on any atom is 0.343 e. The summed E-state index contributed by atoms with van der Waals surface area (Å²) < 4.78 is 43.5. The van der Waals surface area contributed by atoms with E-state index >= 15 is 0 Å². The van der Waals surface area contributed by atoms with Crippen LogP contribution < -0.4 is 4.72 Å². The number of nitrogens with zero attached hydrogens (tertiary/aromatic N) is 1. The number of hydrogen-bond donors (Lipinski definition) is 1. The first-order valence-corrected chi connectivity index (χ1v) is 7.09. The van der Waals surface area contributed by atoms with Crippen LogP contribution in [0.2, 0.25) is 0 Å². The van der Waals surface area contributed by atoms with Crippen molar-refractivity contribution in [2.45, 2.75) is 12.7 Å². The minimum Gasteiger partial charge on any atom is -0.462 e.